The smallest absolute Gasteiger partial charge is 0.243 e. The molecule has 6 heteroatoms. The molecule has 4 nitrogen and oxygen atoms in total. The van der Waals surface area contributed by atoms with Gasteiger partial charge in [0, 0.05) is 11.7 Å². The fourth-order valence-electron chi connectivity index (χ4n) is 1.62. The van der Waals surface area contributed by atoms with E-state index in [1.54, 1.807) is 6.92 Å². The fraction of sp³-hybridized carbons (Fsp3) is 0.500. The molecule has 0 aliphatic carbocycles. The van der Waals surface area contributed by atoms with Gasteiger partial charge < -0.3 is 5.73 Å². The third-order valence-corrected chi connectivity index (χ3v) is 4.20. The lowest BCUT2D eigenvalue weighted by Gasteiger charge is -2.14. The number of hydrogen-bond donors (Lipinski definition) is 2. The van der Waals surface area contributed by atoms with E-state index >= 15 is 0 Å². The van der Waals surface area contributed by atoms with Gasteiger partial charge in [-0.1, -0.05) is 19.8 Å². The number of hydrogen-bond acceptors (Lipinski definition) is 3. The molecule has 3 N–H and O–H groups in total. The second-order valence-electron chi connectivity index (χ2n) is 4.35. The average molecular weight is 274 g/mol. The van der Waals surface area contributed by atoms with Crippen molar-refractivity contribution in [3.05, 3.63) is 24.0 Å². The lowest BCUT2D eigenvalue weighted by atomic mass is 10.2. The van der Waals surface area contributed by atoms with Crippen LogP contribution in [0.4, 0.5) is 10.1 Å². The molecule has 0 heterocycles. The molecule has 1 aromatic carbocycles. The van der Waals surface area contributed by atoms with Crippen molar-refractivity contribution in [1.29, 1.82) is 0 Å². The van der Waals surface area contributed by atoms with Gasteiger partial charge in [0.2, 0.25) is 10.0 Å². The molecule has 0 spiro atoms. The topological polar surface area (TPSA) is 72.2 Å². The molecule has 0 aliphatic rings. The standard InChI is InChI=1S/C12H19FN2O2S/c1-3-4-5-9(2)15-18(16,17)12-8-10(14)6-7-11(12)13/h6-9,15H,3-5,14H2,1-2H3. The first-order valence-electron chi connectivity index (χ1n) is 5.94. The molecule has 18 heavy (non-hydrogen) atoms. The SMILES string of the molecule is CCCCC(C)NS(=O)(=O)c1cc(N)ccc1F. The van der Waals surface area contributed by atoms with Crippen molar-refractivity contribution >= 4 is 15.7 Å². The molecule has 0 saturated heterocycles. The predicted octanol–water partition coefficient (Wildman–Crippen LogP) is 2.26. The Kier molecular flexibility index (Phi) is 5.10. The Labute approximate surface area is 107 Å². The summed E-state index contributed by atoms with van der Waals surface area (Å²) in [6.45, 7) is 3.79. The van der Waals surface area contributed by atoms with Crippen molar-refractivity contribution in [2.75, 3.05) is 5.73 Å². The average Bonchev–Trinajstić information content (AvgIpc) is 2.29. The molecular weight excluding hydrogens is 255 g/mol. The molecule has 0 saturated carbocycles. The van der Waals surface area contributed by atoms with E-state index in [1.807, 2.05) is 6.92 Å². The van der Waals surface area contributed by atoms with E-state index in [0.29, 0.717) is 0 Å². The first-order chi connectivity index (χ1) is 8.36. The Balaban J connectivity index is 2.89. The first-order valence-corrected chi connectivity index (χ1v) is 7.42. The molecule has 0 amide bonds. The van der Waals surface area contributed by atoms with Gasteiger partial charge in [-0.15, -0.1) is 0 Å². The van der Waals surface area contributed by atoms with Crippen molar-refractivity contribution in [2.24, 2.45) is 0 Å². The number of nitrogen functional groups attached to an aromatic ring is 1. The second-order valence-corrected chi connectivity index (χ2v) is 6.04. The highest BCUT2D eigenvalue weighted by Crippen LogP contribution is 2.18. The Hall–Kier alpha value is -1.14. The van der Waals surface area contributed by atoms with Crippen LogP contribution in [-0.4, -0.2) is 14.5 Å². The van der Waals surface area contributed by atoms with E-state index in [-0.39, 0.29) is 11.7 Å². The largest absolute Gasteiger partial charge is 0.399 e. The molecule has 102 valence electrons. The Bertz CT molecular complexity index is 503. The van der Waals surface area contributed by atoms with Crippen LogP contribution in [-0.2, 0) is 10.0 Å². The van der Waals surface area contributed by atoms with Gasteiger partial charge in [-0.05, 0) is 31.5 Å². The van der Waals surface area contributed by atoms with Gasteiger partial charge in [-0.25, -0.2) is 17.5 Å². The number of nitrogens with one attached hydrogen (secondary N) is 1. The summed E-state index contributed by atoms with van der Waals surface area (Å²) in [7, 11) is -3.85. The minimum absolute atomic E-state index is 0.220. The minimum Gasteiger partial charge on any atom is -0.399 e. The Morgan fingerprint density at radius 1 is 1.44 bits per heavy atom. The third kappa shape index (κ3) is 3.96. The van der Waals surface area contributed by atoms with Gasteiger partial charge in [0.1, 0.15) is 10.7 Å². The maximum Gasteiger partial charge on any atom is 0.243 e. The zero-order chi connectivity index (χ0) is 13.8. The molecule has 1 aromatic rings. The quantitative estimate of drug-likeness (QED) is 0.782. The van der Waals surface area contributed by atoms with Gasteiger partial charge in [0.25, 0.3) is 0 Å². The van der Waals surface area contributed by atoms with E-state index in [1.165, 1.54) is 6.07 Å². The molecule has 0 aromatic heterocycles. The maximum absolute atomic E-state index is 13.5. The lowest BCUT2D eigenvalue weighted by molar-refractivity contribution is 0.524. The Morgan fingerprint density at radius 3 is 2.72 bits per heavy atom. The number of nitrogens with two attached hydrogens (primary N) is 1. The normalized spacial score (nSPS) is 13.5. The number of benzene rings is 1. The maximum atomic E-state index is 13.5. The summed E-state index contributed by atoms with van der Waals surface area (Å²) in [5, 5.41) is 0. The van der Waals surface area contributed by atoms with Crippen LogP contribution in [0, 0.1) is 5.82 Å². The molecule has 0 radical (unpaired) electrons. The van der Waals surface area contributed by atoms with E-state index in [0.717, 1.165) is 31.4 Å². The predicted molar refractivity (Wildman–Crippen MR) is 70.1 cm³/mol. The van der Waals surface area contributed by atoms with Gasteiger partial charge in [0.15, 0.2) is 0 Å². The van der Waals surface area contributed by atoms with Gasteiger partial charge >= 0.3 is 0 Å². The third-order valence-electron chi connectivity index (χ3n) is 2.59. The van der Waals surface area contributed by atoms with Crippen molar-refractivity contribution < 1.29 is 12.8 Å². The number of rotatable bonds is 6. The zero-order valence-corrected chi connectivity index (χ0v) is 11.4. The summed E-state index contributed by atoms with van der Waals surface area (Å²) in [5.74, 6) is -0.792. The van der Waals surface area contributed by atoms with Crippen LogP contribution in [0.1, 0.15) is 33.1 Å². The minimum atomic E-state index is -3.85. The lowest BCUT2D eigenvalue weighted by Crippen LogP contribution is -2.33. The number of halogens is 1. The summed E-state index contributed by atoms with van der Waals surface area (Å²) < 4.78 is 39.9. The molecular formula is C12H19FN2O2S. The highest BCUT2D eigenvalue weighted by atomic mass is 32.2. The van der Waals surface area contributed by atoms with Crippen molar-refractivity contribution in [3.63, 3.8) is 0 Å². The van der Waals surface area contributed by atoms with Gasteiger partial charge in [-0.3, -0.25) is 0 Å². The van der Waals surface area contributed by atoms with Crippen LogP contribution in [0.25, 0.3) is 0 Å². The molecule has 0 aliphatic heterocycles. The van der Waals surface area contributed by atoms with Crippen LogP contribution in [0.3, 0.4) is 0 Å². The van der Waals surface area contributed by atoms with E-state index in [9.17, 15) is 12.8 Å². The van der Waals surface area contributed by atoms with Crippen LogP contribution in [0.15, 0.2) is 23.1 Å². The van der Waals surface area contributed by atoms with Gasteiger partial charge in [-0.2, -0.15) is 0 Å². The number of anilines is 1. The monoisotopic (exact) mass is 274 g/mol. The van der Waals surface area contributed by atoms with Crippen molar-refractivity contribution in [3.8, 4) is 0 Å². The summed E-state index contributed by atoms with van der Waals surface area (Å²) >= 11 is 0. The van der Waals surface area contributed by atoms with Crippen LogP contribution in [0.2, 0.25) is 0 Å². The molecule has 1 unspecified atom stereocenters. The molecule has 1 rings (SSSR count). The zero-order valence-electron chi connectivity index (χ0n) is 10.6. The van der Waals surface area contributed by atoms with Crippen molar-refractivity contribution in [1.82, 2.24) is 4.72 Å². The van der Waals surface area contributed by atoms with Crippen LogP contribution < -0.4 is 10.5 Å². The highest BCUT2D eigenvalue weighted by Gasteiger charge is 2.21. The van der Waals surface area contributed by atoms with E-state index in [4.69, 9.17) is 5.73 Å². The van der Waals surface area contributed by atoms with Crippen LogP contribution in [0.5, 0.6) is 0 Å². The summed E-state index contributed by atoms with van der Waals surface area (Å²) in [5.41, 5.74) is 5.70. The second kappa shape index (κ2) is 6.15. The molecule has 0 bridgehead atoms. The van der Waals surface area contributed by atoms with Gasteiger partial charge in [0.05, 0.1) is 0 Å². The molecule has 0 fully saturated rings. The van der Waals surface area contributed by atoms with E-state index < -0.39 is 20.7 Å². The molecule has 1 atom stereocenters. The summed E-state index contributed by atoms with van der Waals surface area (Å²) in [6.07, 6.45) is 2.63. The summed E-state index contributed by atoms with van der Waals surface area (Å²) in [4.78, 5) is -0.397. The van der Waals surface area contributed by atoms with Crippen LogP contribution >= 0.6 is 0 Å². The Morgan fingerprint density at radius 2 is 2.11 bits per heavy atom. The first kappa shape index (κ1) is 14.9. The van der Waals surface area contributed by atoms with E-state index in [2.05, 4.69) is 4.72 Å². The summed E-state index contributed by atoms with van der Waals surface area (Å²) in [6, 6.07) is 3.29. The number of unbranched alkanes of at least 4 members (excludes halogenated alkanes) is 1. The fourth-order valence-corrected chi connectivity index (χ4v) is 3.01. The highest BCUT2D eigenvalue weighted by molar-refractivity contribution is 7.89. The van der Waals surface area contributed by atoms with Crippen molar-refractivity contribution in [2.45, 2.75) is 44.0 Å². The number of sulfonamides is 1.